The summed E-state index contributed by atoms with van der Waals surface area (Å²) in [6.07, 6.45) is -10.6. The molecule has 4 aliphatic carbocycles. The molecule has 0 aromatic heterocycles. The van der Waals surface area contributed by atoms with Gasteiger partial charge in [-0.3, -0.25) is 0 Å². The quantitative estimate of drug-likeness (QED) is 0.128. The maximum absolute atomic E-state index is 13.0. The second kappa shape index (κ2) is 15.6. The van der Waals surface area contributed by atoms with E-state index in [1.54, 1.807) is 38.1 Å². The van der Waals surface area contributed by atoms with Gasteiger partial charge in [0.1, 0.15) is 54.4 Å². The Balaban J connectivity index is 1.01. The zero-order chi connectivity index (χ0) is 40.5. The second-order valence-corrected chi connectivity index (χ2v) is 18.0. The zero-order valence-electron chi connectivity index (χ0n) is 32.9. The van der Waals surface area contributed by atoms with Crippen LogP contribution in [-0.4, -0.2) is 151 Å². The summed E-state index contributed by atoms with van der Waals surface area (Å²) in [6, 6.07) is 8.73. The number of carbonyl (C=O) groups is 1. The Hall–Kier alpha value is -1.83. The minimum atomic E-state index is -1.82. The number of methoxy groups -OCH3 is 1. The summed E-state index contributed by atoms with van der Waals surface area (Å²) in [7, 11) is 1.40. The zero-order valence-corrected chi connectivity index (χ0v) is 32.9. The first kappa shape index (κ1) is 42.3. The van der Waals surface area contributed by atoms with Gasteiger partial charge in [0, 0.05) is 18.4 Å². The molecule has 0 radical (unpaired) electrons. The van der Waals surface area contributed by atoms with Gasteiger partial charge in [-0.05, 0) is 94.6 Å². The normalized spacial score (nSPS) is 51.0. The van der Waals surface area contributed by atoms with E-state index in [0.29, 0.717) is 44.1 Å². The lowest BCUT2D eigenvalue weighted by Crippen LogP contribution is -2.76. The Bertz CT molecular complexity index is 1530. The van der Waals surface area contributed by atoms with Crippen LogP contribution in [0.3, 0.4) is 0 Å². The molecule has 0 unspecified atom stereocenters. The van der Waals surface area contributed by atoms with Crippen molar-refractivity contribution in [3.8, 4) is 0 Å². The standard InChI is InChI=1S/C41H62O15/c1-20(52-35(48)22-9-7-6-8-10-22)25-18-28(43)41(50)39(25,4)15-13-27-38(3)14-12-24(17-23(38)11-16-40(27,41)49)54-37-32(47)34(51-5)33(21(2)53-37)56-36-31(46)30(45)29(44)26(19-42)55-36/h6-10,20-21,23-34,36-37,42-47,49-50H,11-19H2,1-5H3/t20-,21-,23+,24+,25-,26-,27-,28-,29-,30+,31-,32-,33+,34-,36+,37+,38+,39-,40+,41-/m1/s1. The Morgan fingerprint density at radius 2 is 1.55 bits per heavy atom. The number of hydrogen-bond acceptors (Lipinski definition) is 15. The molecule has 15 nitrogen and oxygen atoms in total. The van der Waals surface area contributed by atoms with Crippen molar-refractivity contribution < 1.29 is 74.1 Å². The van der Waals surface area contributed by atoms with Gasteiger partial charge in [0.2, 0.25) is 0 Å². The molecule has 15 heteroatoms. The van der Waals surface area contributed by atoms with Crippen molar-refractivity contribution in [1.29, 1.82) is 0 Å². The predicted molar refractivity (Wildman–Crippen MR) is 195 cm³/mol. The van der Waals surface area contributed by atoms with Gasteiger partial charge >= 0.3 is 5.97 Å². The highest BCUT2D eigenvalue weighted by Gasteiger charge is 2.77. The minimum Gasteiger partial charge on any atom is -0.459 e. The van der Waals surface area contributed by atoms with Crippen molar-refractivity contribution in [3.63, 3.8) is 0 Å². The van der Waals surface area contributed by atoms with Crippen molar-refractivity contribution >= 4 is 5.97 Å². The molecule has 6 fully saturated rings. The lowest BCUT2D eigenvalue weighted by molar-refractivity contribution is -0.363. The molecule has 7 rings (SSSR count). The van der Waals surface area contributed by atoms with E-state index in [1.807, 2.05) is 13.0 Å². The van der Waals surface area contributed by atoms with Crippen molar-refractivity contribution in [3.05, 3.63) is 35.9 Å². The first-order chi connectivity index (χ1) is 26.4. The smallest absolute Gasteiger partial charge is 0.338 e. The minimum absolute atomic E-state index is 0.109. The number of carbonyl (C=O) groups excluding carboxylic acids is 1. The van der Waals surface area contributed by atoms with Crippen LogP contribution in [0.5, 0.6) is 0 Å². The highest BCUT2D eigenvalue weighted by molar-refractivity contribution is 5.89. The first-order valence-electron chi connectivity index (χ1n) is 20.3. The van der Waals surface area contributed by atoms with Crippen molar-refractivity contribution in [2.45, 2.75) is 170 Å². The van der Waals surface area contributed by atoms with E-state index in [2.05, 4.69) is 6.92 Å². The fraction of sp³-hybridized carbons (Fsp3) is 0.829. The van der Waals surface area contributed by atoms with E-state index in [0.717, 1.165) is 0 Å². The monoisotopic (exact) mass is 794 g/mol. The van der Waals surface area contributed by atoms with Crippen LogP contribution in [0, 0.1) is 28.6 Å². The summed E-state index contributed by atoms with van der Waals surface area (Å²) in [5.41, 5.74) is -4.26. The maximum atomic E-state index is 13.0. The molecular formula is C41H62O15. The fourth-order valence-electron chi connectivity index (χ4n) is 12.2. The van der Waals surface area contributed by atoms with Gasteiger partial charge in [-0.1, -0.05) is 32.0 Å². The topological polar surface area (TPSA) is 234 Å². The van der Waals surface area contributed by atoms with Crippen LogP contribution in [0.1, 0.15) is 89.4 Å². The Kier molecular flexibility index (Phi) is 11.8. The molecule has 1 aromatic rings. The summed E-state index contributed by atoms with van der Waals surface area (Å²) >= 11 is 0. The predicted octanol–water partition coefficient (Wildman–Crippen LogP) is 0.782. The van der Waals surface area contributed by atoms with E-state index < -0.39 is 103 Å². The summed E-state index contributed by atoms with van der Waals surface area (Å²) in [6.45, 7) is 6.98. The van der Waals surface area contributed by atoms with Gasteiger partial charge in [-0.15, -0.1) is 0 Å². The highest BCUT2D eigenvalue weighted by atomic mass is 16.7. The van der Waals surface area contributed by atoms with Gasteiger partial charge in [0.05, 0.1) is 36.1 Å². The first-order valence-corrected chi connectivity index (χ1v) is 20.3. The fourth-order valence-corrected chi connectivity index (χ4v) is 12.2. The lowest BCUT2D eigenvalue weighted by atomic mass is 9.41. The van der Waals surface area contributed by atoms with E-state index in [4.69, 9.17) is 28.4 Å². The molecule has 6 aliphatic rings. The molecule has 20 atom stereocenters. The SMILES string of the molecule is CO[C@@H]1[C@@H](O)[C@H](O[C@H]2CC[C@@]3(C)[C@@H](CC[C@]4(O)[C@@H]3CC[C@]3(C)[C@@H]([C@@H](C)OC(=O)c5ccccc5)C[C@@H](O)[C@@]34O)C2)O[C@H](C)[C@@H]1O[C@@H]1O[C@H](CO)[C@@H](O)[C@H](O)[C@H]1O. The van der Waals surface area contributed by atoms with Crippen LogP contribution < -0.4 is 0 Å². The molecule has 1 aromatic carbocycles. The molecule has 2 heterocycles. The van der Waals surface area contributed by atoms with Gasteiger partial charge in [0.15, 0.2) is 12.6 Å². The summed E-state index contributed by atoms with van der Waals surface area (Å²) < 4.78 is 35.7. The molecule has 0 amide bonds. The third-order valence-electron chi connectivity index (χ3n) is 15.4. The molecule has 0 bridgehead atoms. The van der Waals surface area contributed by atoms with Crippen LogP contribution in [0.25, 0.3) is 0 Å². The lowest BCUT2D eigenvalue weighted by Gasteiger charge is -2.67. The number of ether oxygens (including phenoxy) is 6. The molecule has 0 spiro atoms. The average Bonchev–Trinajstić information content (AvgIpc) is 3.39. The number of benzene rings is 1. The third-order valence-corrected chi connectivity index (χ3v) is 15.4. The number of hydrogen-bond donors (Lipinski definition) is 8. The van der Waals surface area contributed by atoms with Crippen molar-refractivity contribution in [2.75, 3.05) is 13.7 Å². The van der Waals surface area contributed by atoms with Crippen LogP contribution in [0.15, 0.2) is 30.3 Å². The molecule has 4 saturated carbocycles. The molecule has 8 N–H and O–H groups in total. The summed E-state index contributed by atoms with van der Waals surface area (Å²) in [5.74, 6) is -1.04. The Labute approximate surface area is 327 Å². The van der Waals surface area contributed by atoms with Crippen molar-refractivity contribution in [2.24, 2.45) is 28.6 Å². The summed E-state index contributed by atoms with van der Waals surface area (Å²) in [5, 5.41) is 89.2. The van der Waals surface area contributed by atoms with Crippen molar-refractivity contribution in [1.82, 2.24) is 0 Å². The van der Waals surface area contributed by atoms with E-state index >= 15 is 0 Å². The number of rotatable bonds is 9. The van der Waals surface area contributed by atoms with E-state index in [-0.39, 0.29) is 42.1 Å². The van der Waals surface area contributed by atoms with E-state index in [1.165, 1.54) is 7.11 Å². The molecule has 2 aliphatic heterocycles. The number of fused-ring (bicyclic) bond motifs is 5. The number of aliphatic hydroxyl groups is 8. The van der Waals surface area contributed by atoms with Gasteiger partial charge in [-0.2, -0.15) is 0 Å². The largest absolute Gasteiger partial charge is 0.459 e. The number of esters is 1. The average molecular weight is 795 g/mol. The maximum Gasteiger partial charge on any atom is 0.338 e. The Morgan fingerprint density at radius 3 is 2.23 bits per heavy atom. The summed E-state index contributed by atoms with van der Waals surface area (Å²) in [4.78, 5) is 13.0. The van der Waals surface area contributed by atoms with Crippen LogP contribution >= 0.6 is 0 Å². The van der Waals surface area contributed by atoms with Gasteiger partial charge in [0.25, 0.3) is 0 Å². The molecule has 316 valence electrons. The molecule has 56 heavy (non-hydrogen) atoms. The van der Waals surface area contributed by atoms with Gasteiger partial charge in [-0.25, -0.2) is 4.79 Å². The van der Waals surface area contributed by atoms with Gasteiger partial charge < -0.3 is 69.3 Å². The molecule has 2 saturated heterocycles. The van der Waals surface area contributed by atoms with Crippen LogP contribution in [0.4, 0.5) is 0 Å². The Morgan fingerprint density at radius 1 is 0.857 bits per heavy atom. The van der Waals surface area contributed by atoms with E-state index in [9.17, 15) is 45.6 Å². The highest BCUT2D eigenvalue weighted by Crippen LogP contribution is 2.71. The number of aliphatic hydroxyl groups excluding tert-OH is 6. The van der Waals surface area contributed by atoms with Crippen LogP contribution in [-0.2, 0) is 28.4 Å². The van der Waals surface area contributed by atoms with Crippen LogP contribution in [0.2, 0.25) is 0 Å². The molecular weight excluding hydrogens is 732 g/mol. The second-order valence-electron chi connectivity index (χ2n) is 18.0. The third kappa shape index (κ3) is 6.57.